The van der Waals surface area contributed by atoms with E-state index in [9.17, 15) is 14.0 Å². The van der Waals surface area contributed by atoms with Gasteiger partial charge in [-0.2, -0.15) is 0 Å². The fraction of sp³-hybridized carbons (Fsp3) is 0.167. The summed E-state index contributed by atoms with van der Waals surface area (Å²) in [6, 6.07) is 5.13. The van der Waals surface area contributed by atoms with E-state index >= 15 is 0 Å². The van der Waals surface area contributed by atoms with Crippen molar-refractivity contribution in [1.29, 1.82) is 0 Å². The second-order valence-corrected chi connectivity index (χ2v) is 6.02. The molecule has 1 saturated heterocycles. The molecule has 0 radical (unpaired) electrons. The van der Waals surface area contributed by atoms with E-state index in [1.54, 1.807) is 24.3 Å². The van der Waals surface area contributed by atoms with Crippen LogP contribution in [-0.4, -0.2) is 17.5 Å². The normalized spacial score (nSPS) is 27.4. The zero-order valence-electron chi connectivity index (χ0n) is 9.35. The van der Waals surface area contributed by atoms with Gasteiger partial charge in [0.05, 0.1) is 4.91 Å². The van der Waals surface area contributed by atoms with Gasteiger partial charge in [-0.3, -0.25) is 14.9 Å². The number of alkyl halides is 2. The van der Waals surface area contributed by atoms with Gasteiger partial charge in [0, 0.05) is 5.56 Å². The number of imide groups is 1. The predicted molar refractivity (Wildman–Crippen MR) is 72.7 cm³/mol. The first-order valence-electron chi connectivity index (χ1n) is 5.38. The maximum absolute atomic E-state index is 13.4. The van der Waals surface area contributed by atoms with Crippen LogP contribution in [0.2, 0.25) is 0 Å². The smallest absolute Gasteiger partial charge is 0.290 e. The molecule has 0 bridgehead atoms. The van der Waals surface area contributed by atoms with Gasteiger partial charge >= 0.3 is 0 Å². The Labute approximate surface area is 120 Å². The van der Waals surface area contributed by atoms with Crippen LogP contribution in [0.5, 0.6) is 5.75 Å². The SMILES string of the molecule is O=C1NC(=O)C(=Cc2ccc3c(c2)OC(F)C3Br)S1. The molecular weight excluding hydrogens is 337 g/mol. The lowest BCUT2D eigenvalue weighted by Crippen LogP contribution is -2.17. The number of benzene rings is 1. The highest BCUT2D eigenvalue weighted by Gasteiger charge is 2.32. The van der Waals surface area contributed by atoms with Gasteiger partial charge in [-0.25, -0.2) is 4.39 Å². The molecular formula is C12H7BrFNO3S. The van der Waals surface area contributed by atoms with E-state index in [0.29, 0.717) is 16.2 Å². The number of thioether (sulfide) groups is 1. The van der Waals surface area contributed by atoms with Crippen molar-refractivity contribution < 1.29 is 18.7 Å². The number of ether oxygens (including phenoxy) is 1. The van der Waals surface area contributed by atoms with Crippen LogP contribution in [0.3, 0.4) is 0 Å². The monoisotopic (exact) mass is 343 g/mol. The number of carbonyl (C=O) groups is 2. The first-order valence-corrected chi connectivity index (χ1v) is 7.11. The average Bonchev–Trinajstić information content (AvgIpc) is 2.81. The Morgan fingerprint density at radius 1 is 1.42 bits per heavy atom. The Morgan fingerprint density at radius 2 is 2.21 bits per heavy atom. The van der Waals surface area contributed by atoms with Gasteiger partial charge < -0.3 is 4.74 Å². The molecule has 1 fully saturated rings. The quantitative estimate of drug-likeness (QED) is 0.628. The van der Waals surface area contributed by atoms with Gasteiger partial charge in [-0.15, -0.1) is 0 Å². The minimum atomic E-state index is -1.41. The van der Waals surface area contributed by atoms with Crippen molar-refractivity contribution in [3.8, 4) is 5.75 Å². The van der Waals surface area contributed by atoms with Crippen molar-refractivity contribution in [2.45, 2.75) is 11.2 Å². The minimum absolute atomic E-state index is 0.315. The van der Waals surface area contributed by atoms with Crippen molar-refractivity contribution in [1.82, 2.24) is 5.32 Å². The molecule has 2 atom stereocenters. The van der Waals surface area contributed by atoms with Crippen molar-refractivity contribution in [2.75, 3.05) is 0 Å². The molecule has 98 valence electrons. The molecule has 19 heavy (non-hydrogen) atoms. The van der Waals surface area contributed by atoms with Crippen LogP contribution in [-0.2, 0) is 4.79 Å². The van der Waals surface area contributed by atoms with E-state index in [2.05, 4.69) is 21.2 Å². The number of rotatable bonds is 1. The molecule has 1 N–H and O–H groups in total. The summed E-state index contributed by atoms with van der Waals surface area (Å²) < 4.78 is 18.4. The first-order chi connectivity index (χ1) is 9.04. The summed E-state index contributed by atoms with van der Waals surface area (Å²) in [5, 5.41) is 1.78. The molecule has 4 nitrogen and oxygen atoms in total. The summed E-state index contributed by atoms with van der Waals surface area (Å²) in [5.74, 6) is 0.0246. The van der Waals surface area contributed by atoms with Gasteiger partial charge in [-0.05, 0) is 29.5 Å². The third-order valence-electron chi connectivity index (χ3n) is 2.74. The van der Waals surface area contributed by atoms with Crippen molar-refractivity contribution in [3.05, 3.63) is 34.2 Å². The molecule has 0 spiro atoms. The molecule has 0 aliphatic carbocycles. The maximum atomic E-state index is 13.4. The molecule has 2 amide bonds. The van der Waals surface area contributed by atoms with Gasteiger partial charge in [-0.1, -0.05) is 28.1 Å². The lowest BCUT2D eigenvalue weighted by molar-refractivity contribution is -0.115. The van der Waals surface area contributed by atoms with Crippen LogP contribution in [0, 0.1) is 0 Å². The van der Waals surface area contributed by atoms with E-state index in [0.717, 1.165) is 17.3 Å². The van der Waals surface area contributed by atoms with Crippen LogP contribution >= 0.6 is 27.7 Å². The topological polar surface area (TPSA) is 55.4 Å². The zero-order valence-corrected chi connectivity index (χ0v) is 11.8. The second kappa shape index (κ2) is 4.64. The molecule has 0 saturated carbocycles. The lowest BCUT2D eigenvalue weighted by atomic mass is 10.1. The molecule has 2 aliphatic heterocycles. The van der Waals surface area contributed by atoms with Gasteiger partial charge in [0.25, 0.3) is 17.5 Å². The van der Waals surface area contributed by atoms with E-state index in [4.69, 9.17) is 4.74 Å². The average molecular weight is 344 g/mol. The molecule has 1 aromatic carbocycles. The molecule has 2 unspecified atom stereocenters. The Balaban J connectivity index is 1.93. The summed E-state index contributed by atoms with van der Waals surface area (Å²) >= 11 is 4.04. The lowest BCUT2D eigenvalue weighted by Gasteiger charge is -2.01. The summed E-state index contributed by atoms with van der Waals surface area (Å²) in [6.45, 7) is 0. The van der Waals surface area contributed by atoms with Crippen LogP contribution in [0.4, 0.5) is 9.18 Å². The molecule has 2 aliphatic rings. The van der Waals surface area contributed by atoms with Crippen molar-refractivity contribution in [3.63, 3.8) is 0 Å². The van der Waals surface area contributed by atoms with E-state index in [1.807, 2.05) is 0 Å². The number of fused-ring (bicyclic) bond motifs is 1. The Bertz CT molecular complexity index is 619. The third-order valence-corrected chi connectivity index (χ3v) is 4.46. The van der Waals surface area contributed by atoms with E-state index in [-0.39, 0.29) is 0 Å². The maximum Gasteiger partial charge on any atom is 0.290 e. The van der Waals surface area contributed by atoms with Crippen molar-refractivity contribution in [2.24, 2.45) is 0 Å². The fourth-order valence-electron chi connectivity index (χ4n) is 1.87. The number of hydrogen-bond donors (Lipinski definition) is 1. The number of hydrogen-bond acceptors (Lipinski definition) is 4. The van der Waals surface area contributed by atoms with Crippen molar-refractivity contribution >= 4 is 44.9 Å². The highest BCUT2D eigenvalue weighted by molar-refractivity contribution is 9.09. The molecule has 1 aromatic rings. The van der Waals surface area contributed by atoms with Crippen LogP contribution < -0.4 is 10.1 Å². The van der Waals surface area contributed by atoms with E-state index < -0.39 is 22.3 Å². The largest absolute Gasteiger partial charge is 0.458 e. The summed E-state index contributed by atoms with van der Waals surface area (Å²) in [4.78, 5) is 22.3. The second-order valence-electron chi connectivity index (χ2n) is 4.02. The summed E-state index contributed by atoms with van der Waals surface area (Å²) in [7, 11) is 0. The zero-order chi connectivity index (χ0) is 13.6. The summed E-state index contributed by atoms with van der Waals surface area (Å²) in [5.41, 5.74) is 1.41. The molecule has 7 heteroatoms. The Morgan fingerprint density at radius 3 is 2.89 bits per heavy atom. The number of nitrogens with one attached hydrogen (secondary N) is 1. The van der Waals surface area contributed by atoms with Crippen LogP contribution in [0.1, 0.15) is 16.0 Å². The number of halogens is 2. The Hall–Kier alpha value is -1.34. The Kier molecular flexibility index (Phi) is 3.10. The van der Waals surface area contributed by atoms with E-state index in [1.165, 1.54) is 0 Å². The predicted octanol–water partition coefficient (Wildman–Crippen LogP) is 3.13. The van der Waals surface area contributed by atoms with Crippen LogP contribution in [0.25, 0.3) is 6.08 Å². The molecule has 3 rings (SSSR count). The highest BCUT2D eigenvalue weighted by atomic mass is 79.9. The highest BCUT2D eigenvalue weighted by Crippen LogP contribution is 2.43. The number of carbonyl (C=O) groups excluding carboxylic acids is 2. The standard InChI is InChI=1S/C12H7BrFNO3S/c13-9-6-2-1-5(3-7(6)18-10(9)14)4-8-11(16)15-12(17)19-8/h1-4,9-10H,(H,15,16,17). The molecule has 0 aromatic heterocycles. The first kappa shape index (κ1) is 12.7. The minimum Gasteiger partial charge on any atom is -0.458 e. The fourth-order valence-corrected chi connectivity index (χ4v) is 3.03. The number of amides is 2. The van der Waals surface area contributed by atoms with Gasteiger partial charge in [0.1, 0.15) is 10.6 Å². The summed E-state index contributed by atoms with van der Waals surface area (Å²) in [6.07, 6.45) is 0.159. The van der Waals surface area contributed by atoms with Crippen LogP contribution in [0.15, 0.2) is 23.1 Å². The third kappa shape index (κ3) is 2.28. The van der Waals surface area contributed by atoms with Gasteiger partial charge in [0.2, 0.25) is 0 Å². The van der Waals surface area contributed by atoms with Gasteiger partial charge in [0.15, 0.2) is 0 Å². The molecule has 2 heterocycles.